The van der Waals surface area contributed by atoms with Gasteiger partial charge in [0.25, 0.3) is 0 Å². The van der Waals surface area contributed by atoms with Crippen LogP contribution in [0.15, 0.2) is 0 Å². The molecular weight excluding hydrogens is 174 g/mol. The molecule has 0 saturated carbocycles. The highest BCUT2D eigenvalue weighted by molar-refractivity contribution is 4.65. The van der Waals surface area contributed by atoms with E-state index in [0.29, 0.717) is 6.17 Å². The summed E-state index contributed by atoms with van der Waals surface area (Å²) in [6.07, 6.45) is 1.66. The predicted molar refractivity (Wildman–Crippen MR) is 63.5 cm³/mol. The van der Waals surface area contributed by atoms with Crippen molar-refractivity contribution in [1.82, 2.24) is 15.5 Å². The molecule has 3 heteroatoms. The molecule has 0 aliphatic carbocycles. The minimum absolute atomic E-state index is 0.477. The van der Waals surface area contributed by atoms with Crippen molar-refractivity contribution in [1.29, 1.82) is 0 Å². The van der Waals surface area contributed by atoms with Gasteiger partial charge in [-0.05, 0) is 32.6 Å². The van der Waals surface area contributed by atoms with Gasteiger partial charge in [0.1, 0.15) is 0 Å². The molecule has 0 saturated heterocycles. The lowest BCUT2D eigenvalue weighted by Crippen LogP contribution is -2.44. The second-order valence-electron chi connectivity index (χ2n) is 3.48. The zero-order chi connectivity index (χ0) is 10.8. The first-order valence-electron chi connectivity index (χ1n) is 5.97. The van der Waals surface area contributed by atoms with Crippen molar-refractivity contribution in [2.75, 3.05) is 32.7 Å². The van der Waals surface area contributed by atoms with Gasteiger partial charge in [-0.1, -0.05) is 27.7 Å². The van der Waals surface area contributed by atoms with Crippen molar-refractivity contribution in [3.05, 3.63) is 0 Å². The minimum atomic E-state index is 0.477. The van der Waals surface area contributed by atoms with Gasteiger partial charge in [0.15, 0.2) is 0 Å². The molecule has 0 bridgehead atoms. The molecule has 0 rings (SSSR count). The van der Waals surface area contributed by atoms with E-state index in [1.807, 2.05) is 0 Å². The van der Waals surface area contributed by atoms with Crippen molar-refractivity contribution in [2.45, 2.75) is 40.3 Å². The molecule has 0 aliphatic heterocycles. The lowest BCUT2D eigenvalue weighted by atomic mass is 10.3. The Balaban J connectivity index is 3.67. The quantitative estimate of drug-likeness (QED) is 0.550. The van der Waals surface area contributed by atoms with Crippen LogP contribution >= 0.6 is 0 Å². The highest BCUT2D eigenvalue weighted by atomic mass is 15.1. The Morgan fingerprint density at radius 1 is 0.929 bits per heavy atom. The summed E-state index contributed by atoms with van der Waals surface area (Å²) in [7, 11) is 0. The molecule has 0 radical (unpaired) electrons. The third-order valence-electron chi connectivity index (χ3n) is 2.53. The van der Waals surface area contributed by atoms with E-state index in [1.54, 1.807) is 0 Å². The lowest BCUT2D eigenvalue weighted by molar-refractivity contribution is 0.270. The Hall–Kier alpha value is -0.120. The zero-order valence-electron chi connectivity index (χ0n) is 10.3. The Bertz CT molecular complexity index is 107. The standard InChI is InChI=1S/C11H27N3/c1-5-12-11(13-6-2)9-10-14(7-3)8-4/h11-13H,5-10H2,1-4H3. The summed E-state index contributed by atoms with van der Waals surface area (Å²) >= 11 is 0. The van der Waals surface area contributed by atoms with Gasteiger partial charge < -0.3 is 15.5 Å². The van der Waals surface area contributed by atoms with E-state index in [9.17, 15) is 0 Å². The molecule has 2 N–H and O–H groups in total. The highest BCUT2D eigenvalue weighted by Crippen LogP contribution is 1.94. The summed E-state index contributed by atoms with van der Waals surface area (Å²) in [5.41, 5.74) is 0. The third-order valence-corrected chi connectivity index (χ3v) is 2.53. The summed E-state index contributed by atoms with van der Waals surface area (Å²) in [6, 6.07) is 0. The molecule has 0 atom stereocenters. The monoisotopic (exact) mass is 201 g/mol. The molecule has 0 aliphatic rings. The molecule has 0 unspecified atom stereocenters. The van der Waals surface area contributed by atoms with Gasteiger partial charge in [-0.3, -0.25) is 0 Å². The summed E-state index contributed by atoms with van der Waals surface area (Å²) in [5, 5.41) is 6.90. The molecule has 0 spiro atoms. The van der Waals surface area contributed by atoms with Gasteiger partial charge in [0.2, 0.25) is 0 Å². The van der Waals surface area contributed by atoms with Crippen LogP contribution in [0.25, 0.3) is 0 Å². The molecule has 14 heavy (non-hydrogen) atoms. The van der Waals surface area contributed by atoms with Crippen LogP contribution in [0.2, 0.25) is 0 Å². The van der Waals surface area contributed by atoms with Crippen molar-refractivity contribution in [3.8, 4) is 0 Å². The van der Waals surface area contributed by atoms with Crippen LogP contribution in [0.4, 0.5) is 0 Å². The maximum atomic E-state index is 3.45. The summed E-state index contributed by atoms with van der Waals surface area (Å²) in [4.78, 5) is 2.46. The van der Waals surface area contributed by atoms with E-state index in [2.05, 4.69) is 43.2 Å². The van der Waals surface area contributed by atoms with E-state index in [-0.39, 0.29) is 0 Å². The fourth-order valence-corrected chi connectivity index (χ4v) is 1.62. The largest absolute Gasteiger partial charge is 0.304 e. The first-order chi connectivity index (χ1) is 6.78. The molecule has 86 valence electrons. The van der Waals surface area contributed by atoms with Gasteiger partial charge in [0, 0.05) is 6.54 Å². The van der Waals surface area contributed by atoms with Crippen LogP contribution < -0.4 is 10.6 Å². The van der Waals surface area contributed by atoms with Crippen LogP contribution in [-0.4, -0.2) is 43.8 Å². The van der Waals surface area contributed by atoms with E-state index in [4.69, 9.17) is 0 Å². The van der Waals surface area contributed by atoms with Crippen molar-refractivity contribution in [2.24, 2.45) is 0 Å². The van der Waals surface area contributed by atoms with E-state index in [1.165, 1.54) is 13.0 Å². The third kappa shape index (κ3) is 6.35. The van der Waals surface area contributed by atoms with Gasteiger partial charge in [-0.15, -0.1) is 0 Å². The fourth-order valence-electron chi connectivity index (χ4n) is 1.62. The summed E-state index contributed by atoms with van der Waals surface area (Å²) < 4.78 is 0. The average molecular weight is 201 g/mol. The molecule has 0 fully saturated rings. The van der Waals surface area contributed by atoms with Crippen molar-refractivity contribution < 1.29 is 0 Å². The predicted octanol–water partition coefficient (Wildman–Crippen LogP) is 1.26. The first kappa shape index (κ1) is 13.9. The van der Waals surface area contributed by atoms with Gasteiger partial charge in [-0.25, -0.2) is 0 Å². The molecule has 0 heterocycles. The van der Waals surface area contributed by atoms with Crippen molar-refractivity contribution in [3.63, 3.8) is 0 Å². The molecule has 0 amide bonds. The van der Waals surface area contributed by atoms with E-state index >= 15 is 0 Å². The van der Waals surface area contributed by atoms with Gasteiger partial charge in [-0.2, -0.15) is 0 Å². The Labute approximate surface area is 89.2 Å². The number of rotatable bonds is 9. The Kier molecular flexibility index (Phi) is 9.35. The van der Waals surface area contributed by atoms with Crippen molar-refractivity contribution >= 4 is 0 Å². The Morgan fingerprint density at radius 3 is 1.79 bits per heavy atom. The number of nitrogens with one attached hydrogen (secondary N) is 2. The van der Waals surface area contributed by atoms with Crippen LogP contribution in [0, 0.1) is 0 Å². The second-order valence-corrected chi connectivity index (χ2v) is 3.48. The maximum Gasteiger partial charge on any atom is 0.0583 e. The van der Waals surface area contributed by atoms with Crippen LogP contribution in [0.1, 0.15) is 34.1 Å². The summed E-state index contributed by atoms with van der Waals surface area (Å²) in [6.45, 7) is 14.3. The summed E-state index contributed by atoms with van der Waals surface area (Å²) in [5.74, 6) is 0. The maximum absolute atomic E-state index is 3.45. The average Bonchev–Trinajstić information content (AvgIpc) is 2.20. The lowest BCUT2D eigenvalue weighted by Gasteiger charge is -2.23. The molecule has 0 aromatic rings. The first-order valence-corrected chi connectivity index (χ1v) is 5.97. The topological polar surface area (TPSA) is 27.3 Å². The smallest absolute Gasteiger partial charge is 0.0583 e. The Morgan fingerprint density at radius 2 is 1.43 bits per heavy atom. The van der Waals surface area contributed by atoms with Gasteiger partial charge in [0.05, 0.1) is 6.17 Å². The van der Waals surface area contributed by atoms with Crippen LogP contribution in [-0.2, 0) is 0 Å². The van der Waals surface area contributed by atoms with Gasteiger partial charge >= 0.3 is 0 Å². The highest BCUT2D eigenvalue weighted by Gasteiger charge is 2.06. The SMILES string of the molecule is CCNC(CCN(CC)CC)NCC. The molecule has 0 aromatic carbocycles. The second kappa shape index (κ2) is 9.44. The zero-order valence-corrected chi connectivity index (χ0v) is 10.3. The number of hydrogen-bond donors (Lipinski definition) is 2. The fraction of sp³-hybridized carbons (Fsp3) is 1.00. The number of hydrogen-bond acceptors (Lipinski definition) is 3. The molecule has 0 aromatic heterocycles. The van der Waals surface area contributed by atoms with Crippen LogP contribution in [0.5, 0.6) is 0 Å². The van der Waals surface area contributed by atoms with E-state index < -0.39 is 0 Å². The normalized spacial score (nSPS) is 11.6. The molecule has 3 nitrogen and oxygen atoms in total. The number of nitrogens with zero attached hydrogens (tertiary/aromatic N) is 1. The van der Waals surface area contributed by atoms with Crippen LogP contribution in [0.3, 0.4) is 0 Å². The minimum Gasteiger partial charge on any atom is -0.304 e. The molecular formula is C11H27N3. The van der Waals surface area contributed by atoms with E-state index in [0.717, 1.165) is 26.2 Å².